The third kappa shape index (κ3) is 4.24. The van der Waals surface area contributed by atoms with Gasteiger partial charge in [-0.05, 0) is 23.1 Å². The molecule has 0 unspecified atom stereocenters. The van der Waals surface area contributed by atoms with Crippen LogP contribution in [-0.2, 0) is 17.6 Å². The van der Waals surface area contributed by atoms with Crippen LogP contribution in [0.15, 0.2) is 64.9 Å². The molecule has 27 heavy (non-hydrogen) atoms. The number of amides is 1. The summed E-state index contributed by atoms with van der Waals surface area (Å²) in [4.78, 5) is 25.9. The van der Waals surface area contributed by atoms with E-state index >= 15 is 0 Å². The molecule has 0 fully saturated rings. The summed E-state index contributed by atoms with van der Waals surface area (Å²) in [5.41, 5.74) is 2.18. The van der Waals surface area contributed by atoms with Gasteiger partial charge in [-0.25, -0.2) is 4.98 Å². The fourth-order valence-corrected chi connectivity index (χ4v) is 3.27. The maximum Gasteiger partial charge on any atom is 0.231 e. The predicted molar refractivity (Wildman–Crippen MR) is 101 cm³/mol. The van der Waals surface area contributed by atoms with Gasteiger partial charge in [-0.15, -0.1) is 11.3 Å². The fourth-order valence-electron chi connectivity index (χ4n) is 2.57. The molecule has 0 bridgehead atoms. The predicted octanol–water partition coefficient (Wildman–Crippen LogP) is 3.36. The first-order chi connectivity index (χ1) is 13.3. The van der Waals surface area contributed by atoms with Crippen LogP contribution >= 0.6 is 11.3 Å². The molecule has 134 valence electrons. The van der Waals surface area contributed by atoms with E-state index in [1.54, 1.807) is 29.9 Å². The monoisotopic (exact) mass is 377 g/mol. The van der Waals surface area contributed by atoms with Crippen LogP contribution in [0.5, 0.6) is 0 Å². The molecule has 1 N–H and O–H groups in total. The average Bonchev–Trinajstić information content (AvgIpc) is 3.36. The number of anilines is 1. The van der Waals surface area contributed by atoms with E-state index in [0.29, 0.717) is 30.3 Å². The molecule has 0 atom stereocenters. The van der Waals surface area contributed by atoms with Crippen LogP contribution in [0.25, 0.3) is 11.5 Å². The zero-order chi connectivity index (χ0) is 18.5. The number of hydrogen-bond acceptors (Lipinski definition) is 7. The molecular weight excluding hydrogens is 362 g/mol. The lowest BCUT2D eigenvalue weighted by Gasteiger charge is -2.09. The summed E-state index contributed by atoms with van der Waals surface area (Å²) in [5, 5.41) is 8.87. The first kappa shape index (κ1) is 17.0. The Morgan fingerprint density at radius 2 is 2.07 bits per heavy atom. The van der Waals surface area contributed by atoms with E-state index in [1.807, 2.05) is 41.8 Å². The van der Waals surface area contributed by atoms with Gasteiger partial charge in [0.05, 0.1) is 19.0 Å². The summed E-state index contributed by atoms with van der Waals surface area (Å²) in [5.74, 6) is 0.767. The van der Waals surface area contributed by atoms with Crippen LogP contribution in [0.1, 0.15) is 16.3 Å². The number of aromatic nitrogens is 4. The molecule has 8 heteroatoms. The molecule has 4 rings (SSSR count). The molecule has 3 heterocycles. The Bertz CT molecular complexity index is 1030. The molecule has 1 aromatic carbocycles. The Kier molecular flexibility index (Phi) is 4.97. The second-order valence-electron chi connectivity index (χ2n) is 5.74. The SMILES string of the molecule is O=C(Cc1cccs1)Nc1ccccc1Cc1nc(-c2cnccn2)no1. The molecule has 0 aliphatic carbocycles. The number of thiophene rings is 1. The van der Waals surface area contributed by atoms with Gasteiger partial charge in [-0.2, -0.15) is 4.98 Å². The summed E-state index contributed by atoms with van der Waals surface area (Å²) in [6, 6.07) is 11.5. The summed E-state index contributed by atoms with van der Waals surface area (Å²) in [6.07, 6.45) is 5.49. The molecular formula is C19H15N5O2S. The van der Waals surface area contributed by atoms with Crippen LogP contribution < -0.4 is 5.32 Å². The van der Waals surface area contributed by atoms with Gasteiger partial charge in [0.15, 0.2) is 0 Å². The van der Waals surface area contributed by atoms with Gasteiger partial charge in [-0.1, -0.05) is 29.4 Å². The van der Waals surface area contributed by atoms with Crippen molar-refractivity contribution in [1.29, 1.82) is 0 Å². The van der Waals surface area contributed by atoms with Crippen molar-refractivity contribution in [3.63, 3.8) is 0 Å². The van der Waals surface area contributed by atoms with E-state index < -0.39 is 0 Å². The molecule has 4 aromatic rings. The molecule has 1 amide bonds. The first-order valence-electron chi connectivity index (χ1n) is 8.27. The van der Waals surface area contributed by atoms with Crippen LogP contribution in [0, 0.1) is 0 Å². The van der Waals surface area contributed by atoms with E-state index in [0.717, 1.165) is 16.1 Å². The van der Waals surface area contributed by atoms with Crippen molar-refractivity contribution in [1.82, 2.24) is 20.1 Å². The van der Waals surface area contributed by atoms with E-state index in [4.69, 9.17) is 4.52 Å². The molecule has 0 saturated heterocycles. The number of carbonyl (C=O) groups is 1. The number of benzene rings is 1. The van der Waals surface area contributed by atoms with Gasteiger partial charge in [0.25, 0.3) is 0 Å². The van der Waals surface area contributed by atoms with Gasteiger partial charge < -0.3 is 9.84 Å². The Morgan fingerprint density at radius 3 is 2.89 bits per heavy atom. The molecule has 0 saturated carbocycles. The molecule has 0 aliphatic heterocycles. The van der Waals surface area contributed by atoms with Crippen molar-refractivity contribution >= 4 is 22.9 Å². The minimum absolute atomic E-state index is 0.0596. The zero-order valence-electron chi connectivity index (χ0n) is 14.2. The molecule has 0 spiro atoms. The zero-order valence-corrected chi connectivity index (χ0v) is 15.0. The lowest BCUT2D eigenvalue weighted by atomic mass is 10.1. The highest BCUT2D eigenvalue weighted by atomic mass is 32.1. The first-order valence-corrected chi connectivity index (χ1v) is 9.15. The van der Waals surface area contributed by atoms with Crippen molar-refractivity contribution in [3.8, 4) is 11.5 Å². The molecule has 3 aromatic heterocycles. The van der Waals surface area contributed by atoms with Crippen LogP contribution in [0.2, 0.25) is 0 Å². The minimum atomic E-state index is -0.0596. The van der Waals surface area contributed by atoms with Crippen LogP contribution in [-0.4, -0.2) is 26.0 Å². The highest BCUT2D eigenvalue weighted by Gasteiger charge is 2.13. The van der Waals surface area contributed by atoms with E-state index in [1.165, 1.54) is 0 Å². The Hall–Kier alpha value is -3.39. The normalized spacial score (nSPS) is 10.7. The van der Waals surface area contributed by atoms with Gasteiger partial charge in [0, 0.05) is 23.0 Å². The second kappa shape index (κ2) is 7.88. The van der Waals surface area contributed by atoms with Crippen LogP contribution in [0.3, 0.4) is 0 Å². The standard InChI is InChI=1S/C19H15N5O2S/c25-17(11-14-5-3-9-27-14)22-15-6-2-1-4-13(15)10-18-23-19(24-26-18)16-12-20-7-8-21-16/h1-9,12H,10-11H2,(H,22,25). The number of hydrogen-bond donors (Lipinski definition) is 1. The number of nitrogens with one attached hydrogen (secondary N) is 1. The summed E-state index contributed by atoms with van der Waals surface area (Å²) in [6.45, 7) is 0. The average molecular weight is 377 g/mol. The minimum Gasteiger partial charge on any atom is -0.339 e. The largest absolute Gasteiger partial charge is 0.339 e. The van der Waals surface area contributed by atoms with Crippen LogP contribution in [0.4, 0.5) is 5.69 Å². The van der Waals surface area contributed by atoms with Crippen molar-refractivity contribution < 1.29 is 9.32 Å². The smallest absolute Gasteiger partial charge is 0.231 e. The lowest BCUT2D eigenvalue weighted by Crippen LogP contribution is -2.15. The van der Waals surface area contributed by atoms with Gasteiger partial charge in [0.1, 0.15) is 5.69 Å². The summed E-state index contributed by atoms with van der Waals surface area (Å²) >= 11 is 1.56. The van der Waals surface area contributed by atoms with Crippen molar-refractivity contribution in [2.75, 3.05) is 5.32 Å². The Morgan fingerprint density at radius 1 is 1.15 bits per heavy atom. The van der Waals surface area contributed by atoms with Crippen molar-refractivity contribution in [3.05, 3.63) is 76.7 Å². The third-order valence-electron chi connectivity index (χ3n) is 3.81. The third-order valence-corrected chi connectivity index (χ3v) is 4.68. The Labute approximate surface area is 159 Å². The maximum absolute atomic E-state index is 12.3. The number of carbonyl (C=O) groups excluding carboxylic acids is 1. The van der Waals surface area contributed by atoms with E-state index in [-0.39, 0.29) is 5.91 Å². The van der Waals surface area contributed by atoms with E-state index in [9.17, 15) is 4.79 Å². The van der Waals surface area contributed by atoms with E-state index in [2.05, 4.69) is 25.4 Å². The van der Waals surface area contributed by atoms with Crippen molar-refractivity contribution in [2.24, 2.45) is 0 Å². The maximum atomic E-state index is 12.3. The number of rotatable bonds is 6. The number of nitrogens with zero attached hydrogens (tertiary/aromatic N) is 4. The summed E-state index contributed by atoms with van der Waals surface area (Å²) in [7, 11) is 0. The van der Waals surface area contributed by atoms with Crippen molar-refractivity contribution in [2.45, 2.75) is 12.8 Å². The number of para-hydroxylation sites is 1. The molecule has 7 nitrogen and oxygen atoms in total. The molecule has 0 aliphatic rings. The van der Waals surface area contributed by atoms with Gasteiger partial charge in [0.2, 0.25) is 17.6 Å². The van der Waals surface area contributed by atoms with Gasteiger partial charge >= 0.3 is 0 Å². The second-order valence-corrected chi connectivity index (χ2v) is 6.77. The summed E-state index contributed by atoms with van der Waals surface area (Å²) < 4.78 is 5.33. The molecule has 0 radical (unpaired) electrons. The topological polar surface area (TPSA) is 93.8 Å². The Balaban J connectivity index is 1.48. The highest BCUT2D eigenvalue weighted by Crippen LogP contribution is 2.20. The van der Waals surface area contributed by atoms with Gasteiger partial charge in [-0.3, -0.25) is 9.78 Å². The lowest BCUT2D eigenvalue weighted by molar-refractivity contribution is -0.115. The fraction of sp³-hybridized carbons (Fsp3) is 0.105. The quantitative estimate of drug-likeness (QED) is 0.554. The highest BCUT2D eigenvalue weighted by molar-refractivity contribution is 7.10.